The average Bonchev–Trinajstić information content (AvgIpc) is 3.07. The van der Waals surface area contributed by atoms with Gasteiger partial charge >= 0.3 is 0 Å². The molecule has 150 valence electrons. The predicted octanol–water partition coefficient (Wildman–Crippen LogP) is 1.04. The van der Waals surface area contributed by atoms with E-state index in [9.17, 15) is 4.79 Å². The molecule has 0 radical (unpaired) electrons. The van der Waals surface area contributed by atoms with Gasteiger partial charge in [-0.05, 0) is 24.6 Å². The summed E-state index contributed by atoms with van der Waals surface area (Å²) in [5, 5.41) is 4.40. The van der Waals surface area contributed by atoms with Crippen molar-refractivity contribution in [2.45, 2.75) is 19.1 Å². The number of carbonyl (C=O) groups is 1. The molecule has 0 aromatic carbocycles. The van der Waals surface area contributed by atoms with Crippen LogP contribution in [0.2, 0.25) is 0 Å². The summed E-state index contributed by atoms with van der Waals surface area (Å²) in [7, 11) is 1.85. The summed E-state index contributed by atoms with van der Waals surface area (Å²) in [6.45, 7) is 6.99. The van der Waals surface area contributed by atoms with Gasteiger partial charge in [0.1, 0.15) is 0 Å². The molecule has 2 aromatic heterocycles. The topological polar surface area (TPSA) is 72.7 Å². The van der Waals surface area contributed by atoms with Crippen LogP contribution in [0, 0.1) is 6.92 Å². The Kier molecular flexibility index (Phi) is 5.70. The quantitative estimate of drug-likeness (QED) is 0.783. The Morgan fingerprint density at radius 1 is 1.25 bits per heavy atom. The van der Waals surface area contributed by atoms with E-state index in [-0.39, 0.29) is 18.1 Å². The second-order valence-electron chi connectivity index (χ2n) is 7.35. The highest BCUT2D eigenvalue weighted by Crippen LogP contribution is 2.31. The number of nitrogens with zero attached hydrogens (tertiary/aromatic N) is 5. The van der Waals surface area contributed by atoms with Gasteiger partial charge in [-0.2, -0.15) is 5.10 Å². The third kappa shape index (κ3) is 3.94. The van der Waals surface area contributed by atoms with E-state index in [1.165, 1.54) is 0 Å². The van der Waals surface area contributed by atoms with Crippen LogP contribution in [0.5, 0.6) is 0 Å². The first-order valence-corrected chi connectivity index (χ1v) is 9.77. The third-order valence-electron chi connectivity index (χ3n) is 5.51. The second kappa shape index (κ2) is 8.38. The second-order valence-corrected chi connectivity index (χ2v) is 7.35. The molecule has 0 aliphatic carbocycles. The Morgan fingerprint density at radius 2 is 2.07 bits per heavy atom. The lowest BCUT2D eigenvalue weighted by molar-refractivity contribution is -0.0820. The molecule has 0 spiro atoms. The molecule has 2 aromatic rings. The number of aryl methyl sites for hydroxylation is 2. The number of morpholine rings is 2. The first-order valence-electron chi connectivity index (χ1n) is 9.77. The van der Waals surface area contributed by atoms with Gasteiger partial charge in [-0.15, -0.1) is 0 Å². The van der Waals surface area contributed by atoms with E-state index in [2.05, 4.69) is 15.0 Å². The van der Waals surface area contributed by atoms with Crippen LogP contribution in [0.1, 0.15) is 27.8 Å². The van der Waals surface area contributed by atoms with Crippen molar-refractivity contribution in [1.82, 2.24) is 24.6 Å². The SMILES string of the molecule is Cc1cc(C(=O)N2CCO[C@@H](CN3CCOCC3)[C@@H]2c2cccnc2)nn1C. The molecule has 2 aliphatic heterocycles. The van der Waals surface area contributed by atoms with Crippen LogP contribution in [0.25, 0.3) is 0 Å². The van der Waals surface area contributed by atoms with E-state index >= 15 is 0 Å². The molecule has 8 heteroatoms. The molecule has 4 rings (SSSR count). The fourth-order valence-electron chi connectivity index (χ4n) is 3.91. The highest BCUT2D eigenvalue weighted by atomic mass is 16.5. The van der Waals surface area contributed by atoms with Gasteiger partial charge in [0, 0.05) is 51.3 Å². The number of amides is 1. The van der Waals surface area contributed by atoms with Gasteiger partial charge in [-0.1, -0.05) is 6.07 Å². The number of rotatable bonds is 4. The summed E-state index contributed by atoms with van der Waals surface area (Å²) in [6.07, 6.45) is 3.46. The summed E-state index contributed by atoms with van der Waals surface area (Å²) in [4.78, 5) is 21.8. The zero-order valence-electron chi connectivity index (χ0n) is 16.5. The van der Waals surface area contributed by atoms with Gasteiger partial charge in [0.25, 0.3) is 5.91 Å². The van der Waals surface area contributed by atoms with Crippen molar-refractivity contribution >= 4 is 5.91 Å². The maximum atomic E-state index is 13.3. The third-order valence-corrected chi connectivity index (χ3v) is 5.51. The predicted molar refractivity (Wildman–Crippen MR) is 103 cm³/mol. The van der Waals surface area contributed by atoms with Gasteiger partial charge in [0.2, 0.25) is 0 Å². The molecule has 0 bridgehead atoms. The fraction of sp³-hybridized carbons (Fsp3) is 0.550. The van der Waals surface area contributed by atoms with Gasteiger partial charge in [-0.25, -0.2) is 0 Å². The smallest absolute Gasteiger partial charge is 0.275 e. The van der Waals surface area contributed by atoms with Gasteiger partial charge < -0.3 is 14.4 Å². The Morgan fingerprint density at radius 3 is 2.75 bits per heavy atom. The van der Waals surface area contributed by atoms with Crippen molar-refractivity contribution < 1.29 is 14.3 Å². The molecule has 0 unspecified atom stereocenters. The zero-order valence-corrected chi connectivity index (χ0v) is 16.5. The fourth-order valence-corrected chi connectivity index (χ4v) is 3.91. The number of ether oxygens (including phenoxy) is 2. The molecule has 0 N–H and O–H groups in total. The first kappa shape index (κ1) is 19.0. The normalized spacial score (nSPS) is 23.7. The molecule has 2 saturated heterocycles. The van der Waals surface area contributed by atoms with Crippen molar-refractivity contribution in [3.8, 4) is 0 Å². The number of hydrogen-bond acceptors (Lipinski definition) is 6. The van der Waals surface area contributed by atoms with E-state index < -0.39 is 0 Å². The molecular weight excluding hydrogens is 358 g/mol. The number of aromatic nitrogens is 3. The van der Waals surface area contributed by atoms with Crippen molar-refractivity contribution in [3.63, 3.8) is 0 Å². The summed E-state index contributed by atoms with van der Waals surface area (Å²) in [6, 6.07) is 5.57. The number of carbonyl (C=O) groups excluding carboxylic acids is 1. The summed E-state index contributed by atoms with van der Waals surface area (Å²) in [5.74, 6) is -0.0622. The minimum Gasteiger partial charge on any atom is -0.379 e. The van der Waals surface area contributed by atoms with Crippen LogP contribution in [0.15, 0.2) is 30.6 Å². The monoisotopic (exact) mass is 385 g/mol. The van der Waals surface area contributed by atoms with E-state index in [4.69, 9.17) is 9.47 Å². The molecule has 4 heterocycles. The number of pyridine rings is 1. The molecule has 1 amide bonds. The van der Waals surface area contributed by atoms with Gasteiger partial charge in [-0.3, -0.25) is 19.4 Å². The average molecular weight is 385 g/mol. The lowest BCUT2D eigenvalue weighted by atomic mass is 9.98. The van der Waals surface area contributed by atoms with Gasteiger partial charge in [0.05, 0.1) is 32.0 Å². The van der Waals surface area contributed by atoms with Crippen LogP contribution in [0.4, 0.5) is 0 Å². The van der Waals surface area contributed by atoms with Crippen LogP contribution >= 0.6 is 0 Å². The Bertz CT molecular complexity index is 784. The molecular formula is C20H27N5O3. The minimum atomic E-state index is -0.194. The van der Waals surface area contributed by atoms with Crippen molar-refractivity contribution in [3.05, 3.63) is 47.5 Å². The lowest BCUT2D eigenvalue weighted by Crippen LogP contribution is -2.53. The Hall–Kier alpha value is -2.29. The standard InChI is InChI=1S/C20H27N5O3/c1-15-12-17(22-23(15)2)20(26)25-8-11-28-18(14-24-6-9-27-10-7-24)19(25)16-4-3-5-21-13-16/h3-5,12-13,18-19H,6-11,14H2,1-2H3/t18-,19-/m0/s1. The minimum absolute atomic E-state index is 0.0622. The van der Waals surface area contributed by atoms with E-state index in [1.807, 2.05) is 43.3 Å². The van der Waals surface area contributed by atoms with E-state index in [0.29, 0.717) is 18.8 Å². The van der Waals surface area contributed by atoms with Gasteiger partial charge in [0.15, 0.2) is 5.69 Å². The van der Waals surface area contributed by atoms with Crippen molar-refractivity contribution in [2.75, 3.05) is 46.0 Å². The Balaban J connectivity index is 1.62. The summed E-state index contributed by atoms with van der Waals surface area (Å²) < 4.78 is 13.4. The van der Waals surface area contributed by atoms with E-state index in [1.54, 1.807) is 10.9 Å². The maximum Gasteiger partial charge on any atom is 0.275 e. The molecule has 8 nitrogen and oxygen atoms in total. The Labute approximate surface area is 165 Å². The van der Waals surface area contributed by atoms with Crippen molar-refractivity contribution in [1.29, 1.82) is 0 Å². The van der Waals surface area contributed by atoms with Crippen molar-refractivity contribution in [2.24, 2.45) is 7.05 Å². The van der Waals surface area contributed by atoms with Crippen LogP contribution in [0.3, 0.4) is 0 Å². The molecule has 2 atom stereocenters. The van der Waals surface area contributed by atoms with Crippen LogP contribution in [-0.2, 0) is 16.5 Å². The first-order chi connectivity index (χ1) is 13.6. The largest absolute Gasteiger partial charge is 0.379 e. The maximum absolute atomic E-state index is 13.3. The highest BCUT2D eigenvalue weighted by Gasteiger charge is 2.38. The summed E-state index contributed by atoms with van der Waals surface area (Å²) >= 11 is 0. The molecule has 0 saturated carbocycles. The zero-order chi connectivity index (χ0) is 19.5. The molecule has 2 fully saturated rings. The summed E-state index contributed by atoms with van der Waals surface area (Å²) in [5.41, 5.74) is 2.42. The van der Waals surface area contributed by atoms with Crippen LogP contribution < -0.4 is 0 Å². The number of hydrogen-bond donors (Lipinski definition) is 0. The van der Waals surface area contributed by atoms with Crippen LogP contribution in [-0.4, -0.2) is 82.6 Å². The molecule has 2 aliphatic rings. The molecule has 28 heavy (non-hydrogen) atoms. The highest BCUT2D eigenvalue weighted by molar-refractivity contribution is 5.92. The van der Waals surface area contributed by atoms with E-state index in [0.717, 1.165) is 44.1 Å². The lowest BCUT2D eigenvalue weighted by Gasteiger charge is -2.43.